The van der Waals surface area contributed by atoms with Gasteiger partial charge in [-0.05, 0) is 36.8 Å². The summed E-state index contributed by atoms with van der Waals surface area (Å²) in [5.74, 6) is 0. The molecule has 2 heterocycles. The first-order valence-electron chi connectivity index (χ1n) is 7.34. The molecule has 0 aliphatic heterocycles. The summed E-state index contributed by atoms with van der Waals surface area (Å²) in [7, 11) is 1.65. The molecule has 0 unspecified atom stereocenters. The van der Waals surface area contributed by atoms with Crippen LogP contribution in [0.2, 0.25) is 0 Å². The molecule has 24 heavy (non-hydrogen) atoms. The number of ether oxygens (including phenoxy) is 1. The number of methoxy groups -OCH3 is 1. The quantitative estimate of drug-likeness (QED) is 0.783. The molecule has 6 heteroatoms. The van der Waals surface area contributed by atoms with Crippen LogP contribution in [0.5, 0.6) is 0 Å². The average molecular weight is 336 g/mol. The second kappa shape index (κ2) is 6.79. The number of thiazole rings is 1. The van der Waals surface area contributed by atoms with Crippen LogP contribution in [-0.4, -0.2) is 17.1 Å². The summed E-state index contributed by atoms with van der Waals surface area (Å²) >= 11 is 1.43. The second-order valence-electron chi connectivity index (χ2n) is 5.34. The maximum atomic E-state index is 9.12. The monoisotopic (exact) mass is 336 g/mol. The van der Waals surface area contributed by atoms with Crippen molar-refractivity contribution in [3.63, 3.8) is 0 Å². The highest BCUT2D eigenvalue weighted by Gasteiger charge is 2.15. The van der Waals surface area contributed by atoms with E-state index in [1.807, 2.05) is 37.3 Å². The van der Waals surface area contributed by atoms with Gasteiger partial charge >= 0.3 is 0 Å². The average Bonchev–Trinajstić information content (AvgIpc) is 2.97. The molecule has 2 N–H and O–H groups in total. The number of hydrogen-bond acceptors (Lipinski definition) is 6. The van der Waals surface area contributed by atoms with Crippen LogP contribution in [0, 0.1) is 18.3 Å². The summed E-state index contributed by atoms with van der Waals surface area (Å²) in [6.45, 7) is 2.39. The van der Waals surface area contributed by atoms with Crippen LogP contribution >= 0.6 is 11.3 Å². The SMILES string of the molecule is COCc1cc(-c2sc(N)nc2-c2cccc(C#N)c2)cc(C)n1. The number of aryl methyl sites for hydroxylation is 1. The first kappa shape index (κ1) is 16.1. The second-order valence-corrected chi connectivity index (χ2v) is 6.37. The molecule has 0 saturated carbocycles. The first-order valence-corrected chi connectivity index (χ1v) is 8.16. The third-order valence-corrected chi connectivity index (χ3v) is 4.40. The van der Waals surface area contributed by atoms with Gasteiger partial charge in [-0.1, -0.05) is 23.5 Å². The Kier molecular flexibility index (Phi) is 4.56. The van der Waals surface area contributed by atoms with E-state index in [0.29, 0.717) is 17.3 Å². The van der Waals surface area contributed by atoms with E-state index in [9.17, 15) is 0 Å². The van der Waals surface area contributed by atoms with Crippen LogP contribution in [0.15, 0.2) is 36.4 Å². The number of nitrogens with zero attached hydrogens (tertiary/aromatic N) is 3. The van der Waals surface area contributed by atoms with Crippen molar-refractivity contribution in [2.24, 2.45) is 0 Å². The summed E-state index contributed by atoms with van der Waals surface area (Å²) in [5, 5.41) is 9.61. The number of aromatic nitrogens is 2. The maximum absolute atomic E-state index is 9.12. The molecule has 2 aromatic heterocycles. The van der Waals surface area contributed by atoms with Gasteiger partial charge in [-0.15, -0.1) is 0 Å². The van der Waals surface area contributed by atoms with E-state index in [-0.39, 0.29) is 0 Å². The minimum atomic E-state index is 0.447. The highest BCUT2D eigenvalue weighted by atomic mass is 32.1. The van der Waals surface area contributed by atoms with Gasteiger partial charge in [-0.3, -0.25) is 4.98 Å². The van der Waals surface area contributed by atoms with E-state index in [4.69, 9.17) is 15.7 Å². The van der Waals surface area contributed by atoms with Crippen molar-refractivity contribution in [2.45, 2.75) is 13.5 Å². The van der Waals surface area contributed by atoms with E-state index in [2.05, 4.69) is 16.0 Å². The van der Waals surface area contributed by atoms with E-state index in [1.165, 1.54) is 11.3 Å². The fraction of sp³-hybridized carbons (Fsp3) is 0.167. The number of anilines is 1. The molecule has 5 nitrogen and oxygen atoms in total. The van der Waals surface area contributed by atoms with E-state index < -0.39 is 0 Å². The van der Waals surface area contributed by atoms with Crippen LogP contribution in [0.1, 0.15) is 17.0 Å². The zero-order valence-corrected chi connectivity index (χ0v) is 14.2. The lowest BCUT2D eigenvalue weighted by Gasteiger charge is -2.07. The third-order valence-electron chi connectivity index (χ3n) is 3.47. The largest absolute Gasteiger partial charge is 0.378 e. The maximum Gasteiger partial charge on any atom is 0.181 e. The molecule has 0 radical (unpaired) electrons. The van der Waals surface area contributed by atoms with Gasteiger partial charge in [0.05, 0.1) is 34.5 Å². The Labute approximate surface area is 144 Å². The van der Waals surface area contributed by atoms with Gasteiger partial charge in [0.2, 0.25) is 0 Å². The fourth-order valence-electron chi connectivity index (χ4n) is 2.55. The normalized spacial score (nSPS) is 10.5. The molecule has 0 fully saturated rings. The Morgan fingerprint density at radius 1 is 1.21 bits per heavy atom. The Morgan fingerprint density at radius 2 is 2.04 bits per heavy atom. The predicted molar refractivity (Wildman–Crippen MR) is 95.4 cm³/mol. The molecule has 3 aromatic rings. The number of nitriles is 1. The van der Waals surface area contributed by atoms with Crippen molar-refractivity contribution in [3.05, 3.63) is 53.3 Å². The zero-order valence-electron chi connectivity index (χ0n) is 13.4. The molecular formula is C18H16N4OS. The van der Waals surface area contributed by atoms with Crippen molar-refractivity contribution in [1.29, 1.82) is 5.26 Å². The minimum Gasteiger partial charge on any atom is -0.378 e. The lowest BCUT2D eigenvalue weighted by atomic mass is 10.0. The fourth-order valence-corrected chi connectivity index (χ4v) is 3.40. The molecule has 0 aliphatic rings. The van der Waals surface area contributed by atoms with Gasteiger partial charge in [0.25, 0.3) is 0 Å². The summed E-state index contributed by atoms with van der Waals surface area (Å²) in [6.07, 6.45) is 0. The van der Waals surface area contributed by atoms with Gasteiger partial charge in [0.15, 0.2) is 5.13 Å². The van der Waals surface area contributed by atoms with E-state index in [0.717, 1.165) is 33.1 Å². The lowest BCUT2D eigenvalue weighted by Crippen LogP contribution is -1.95. The number of nitrogen functional groups attached to an aromatic ring is 1. The highest BCUT2D eigenvalue weighted by Crippen LogP contribution is 2.38. The zero-order chi connectivity index (χ0) is 17.1. The van der Waals surface area contributed by atoms with Gasteiger partial charge in [0, 0.05) is 18.4 Å². The van der Waals surface area contributed by atoms with Gasteiger partial charge in [0.1, 0.15) is 0 Å². The highest BCUT2D eigenvalue weighted by molar-refractivity contribution is 7.19. The minimum absolute atomic E-state index is 0.447. The molecule has 120 valence electrons. The van der Waals surface area contributed by atoms with Crippen molar-refractivity contribution >= 4 is 16.5 Å². The van der Waals surface area contributed by atoms with Crippen molar-refractivity contribution in [3.8, 4) is 27.8 Å². The molecule has 3 rings (SSSR count). The summed E-state index contributed by atoms with van der Waals surface area (Å²) in [4.78, 5) is 9.91. The molecule has 0 spiro atoms. The molecule has 0 saturated heterocycles. The number of nitrogens with two attached hydrogens (primary N) is 1. The van der Waals surface area contributed by atoms with Crippen LogP contribution in [0.4, 0.5) is 5.13 Å². The smallest absolute Gasteiger partial charge is 0.181 e. The van der Waals surface area contributed by atoms with Crippen LogP contribution in [-0.2, 0) is 11.3 Å². The van der Waals surface area contributed by atoms with Crippen LogP contribution in [0.25, 0.3) is 21.7 Å². The Morgan fingerprint density at radius 3 is 2.79 bits per heavy atom. The summed E-state index contributed by atoms with van der Waals surface area (Å²) in [6, 6.07) is 13.5. The molecule has 1 aromatic carbocycles. The van der Waals surface area contributed by atoms with Gasteiger partial charge in [-0.25, -0.2) is 4.98 Å². The number of pyridine rings is 1. The third kappa shape index (κ3) is 3.27. The molecule has 0 atom stereocenters. The molecular weight excluding hydrogens is 320 g/mol. The lowest BCUT2D eigenvalue weighted by molar-refractivity contribution is 0.181. The summed E-state index contributed by atoms with van der Waals surface area (Å²) in [5.41, 5.74) is 11.0. The summed E-state index contributed by atoms with van der Waals surface area (Å²) < 4.78 is 5.19. The van der Waals surface area contributed by atoms with Crippen molar-refractivity contribution < 1.29 is 4.74 Å². The Bertz CT molecular complexity index is 927. The standard InChI is InChI=1S/C18H16N4OS/c1-11-6-14(8-15(21-11)10-23-2)17-16(22-18(20)24-17)13-5-3-4-12(7-13)9-19/h3-8H,10H2,1-2H3,(H2,20,22). The Hall–Kier alpha value is -2.75. The Balaban J connectivity index is 2.15. The van der Waals surface area contributed by atoms with E-state index >= 15 is 0 Å². The molecule has 0 bridgehead atoms. The molecule has 0 amide bonds. The van der Waals surface area contributed by atoms with Crippen molar-refractivity contribution in [1.82, 2.24) is 9.97 Å². The van der Waals surface area contributed by atoms with Crippen LogP contribution in [0.3, 0.4) is 0 Å². The van der Waals surface area contributed by atoms with E-state index in [1.54, 1.807) is 13.2 Å². The predicted octanol–water partition coefficient (Wildman–Crippen LogP) is 3.78. The van der Waals surface area contributed by atoms with Gasteiger partial charge < -0.3 is 10.5 Å². The van der Waals surface area contributed by atoms with Crippen molar-refractivity contribution in [2.75, 3.05) is 12.8 Å². The number of rotatable bonds is 4. The number of hydrogen-bond donors (Lipinski definition) is 1. The van der Waals surface area contributed by atoms with Crippen LogP contribution < -0.4 is 5.73 Å². The van der Waals surface area contributed by atoms with Gasteiger partial charge in [-0.2, -0.15) is 5.26 Å². The first-order chi connectivity index (χ1) is 11.6. The topological polar surface area (TPSA) is 84.8 Å². The number of benzene rings is 1. The molecule has 0 aliphatic carbocycles.